The summed E-state index contributed by atoms with van der Waals surface area (Å²) in [6.07, 6.45) is -1.94. The molecule has 0 saturated carbocycles. The van der Waals surface area contributed by atoms with Gasteiger partial charge in [-0.1, -0.05) is 12.1 Å². The molecule has 5 aromatic heterocycles. The molecule has 0 amide bonds. The Kier molecular flexibility index (Phi) is 8.52. The molecular formula is C28H16O8S5-4. The predicted molar refractivity (Wildman–Crippen MR) is 152 cm³/mol. The highest BCUT2D eigenvalue weighted by Crippen LogP contribution is 2.50. The van der Waals surface area contributed by atoms with Gasteiger partial charge < -0.3 is 39.6 Å². The van der Waals surface area contributed by atoms with E-state index in [1.54, 1.807) is 12.1 Å². The third-order valence-electron chi connectivity index (χ3n) is 6.06. The van der Waals surface area contributed by atoms with Crippen molar-refractivity contribution in [3.8, 4) is 39.0 Å². The maximum Gasteiger partial charge on any atom is 0.0488 e. The van der Waals surface area contributed by atoms with Gasteiger partial charge in [0.1, 0.15) is 0 Å². The van der Waals surface area contributed by atoms with Crippen LogP contribution in [0, 0.1) is 0 Å². The zero-order chi connectivity index (χ0) is 29.3. The van der Waals surface area contributed by atoms with Gasteiger partial charge in [0.05, 0.1) is 0 Å². The number of hydrogen-bond acceptors (Lipinski definition) is 13. The van der Waals surface area contributed by atoms with E-state index in [0.717, 1.165) is 9.75 Å². The lowest BCUT2D eigenvalue weighted by molar-refractivity contribution is -0.306. The smallest absolute Gasteiger partial charge is 0.0488 e. The molecule has 210 valence electrons. The molecule has 8 nitrogen and oxygen atoms in total. The van der Waals surface area contributed by atoms with Crippen LogP contribution in [0.1, 0.15) is 22.3 Å². The third kappa shape index (κ3) is 6.19. The average molecular weight is 641 g/mol. The quantitative estimate of drug-likeness (QED) is 0.200. The van der Waals surface area contributed by atoms with Gasteiger partial charge in [0, 0.05) is 88.6 Å². The fraction of sp³-hybridized carbons (Fsp3) is 0.143. The number of aliphatic carboxylic acids is 4. The summed E-state index contributed by atoms with van der Waals surface area (Å²) in [6, 6.07) is 10.8. The average Bonchev–Trinajstić information content (AvgIpc) is 3.71. The van der Waals surface area contributed by atoms with Crippen LogP contribution in [-0.4, -0.2) is 23.9 Å². The molecule has 5 aromatic rings. The normalized spacial score (nSPS) is 11.1. The summed E-state index contributed by atoms with van der Waals surface area (Å²) in [4.78, 5) is 52.0. The molecule has 0 aliphatic heterocycles. The fourth-order valence-electron chi connectivity index (χ4n) is 4.52. The van der Waals surface area contributed by atoms with Crippen LogP contribution in [-0.2, 0) is 44.9 Å². The number of carbonyl (C=O) groups excluding carboxylic acids is 4. The molecule has 0 bridgehead atoms. The van der Waals surface area contributed by atoms with Gasteiger partial charge in [-0.05, 0) is 57.3 Å². The lowest BCUT2D eigenvalue weighted by Crippen LogP contribution is -2.27. The largest absolute Gasteiger partial charge is 0.550 e. The van der Waals surface area contributed by atoms with E-state index in [1.807, 2.05) is 35.0 Å². The molecule has 0 aliphatic rings. The fourth-order valence-corrected chi connectivity index (χ4v) is 10.2. The van der Waals surface area contributed by atoms with Gasteiger partial charge >= 0.3 is 0 Å². The first kappa shape index (κ1) is 28.9. The number of carbonyl (C=O) groups is 4. The minimum Gasteiger partial charge on any atom is -0.550 e. The lowest BCUT2D eigenvalue weighted by Gasteiger charge is -2.10. The first-order chi connectivity index (χ1) is 19.6. The molecule has 0 aliphatic carbocycles. The van der Waals surface area contributed by atoms with Crippen molar-refractivity contribution in [1.82, 2.24) is 0 Å². The molecule has 0 spiro atoms. The number of thiophene rings is 5. The summed E-state index contributed by atoms with van der Waals surface area (Å²) in [5.41, 5.74) is 1.37. The van der Waals surface area contributed by atoms with Crippen LogP contribution in [0.5, 0.6) is 0 Å². The van der Waals surface area contributed by atoms with Gasteiger partial charge in [-0.3, -0.25) is 0 Å². The maximum absolute atomic E-state index is 11.7. The van der Waals surface area contributed by atoms with Crippen LogP contribution < -0.4 is 20.4 Å². The standard InChI is InChI=1S/C28H20O8S5/c29-21(30)9-13-15(11-23(33)34)27(40-25(13)17-3-1-7-37-17)19-5-6-20(39-19)28-16(12-24(35)36)14(10-22(31)32)26(41-28)18-4-2-8-38-18/h1-8H,9-12H2,(H,29,30)(H,31,32)(H,33,34)(H,35,36)/p-4. The zero-order valence-corrected chi connectivity index (χ0v) is 24.8. The third-order valence-corrected chi connectivity index (χ3v) is 12.2. The van der Waals surface area contributed by atoms with Crippen molar-refractivity contribution >= 4 is 80.6 Å². The molecule has 0 fully saturated rings. The summed E-state index contributed by atoms with van der Waals surface area (Å²) in [5.74, 6) is -5.41. The molecular weight excluding hydrogens is 625 g/mol. The van der Waals surface area contributed by atoms with Crippen molar-refractivity contribution in [2.24, 2.45) is 0 Å². The highest BCUT2D eigenvalue weighted by molar-refractivity contribution is 7.29. The minimum absolute atomic E-state index is 0.328. The van der Waals surface area contributed by atoms with E-state index in [0.29, 0.717) is 51.5 Å². The molecule has 0 aromatic carbocycles. The SMILES string of the molecule is O=C([O-])Cc1c(-c2cccs2)sc(-c2ccc(-c3sc(-c4cccs4)c(CC(=O)[O-])c3CC(=O)[O-])s2)c1CC(=O)[O-]. The molecule has 0 N–H and O–H groups in total. The molecule has 0 atom stereocenters. The molecule has 13 heteroatoms. The zero-order valence-electron chi connectivity index (χ0n) is 20.8. The first-order valence-corrected chi connectivity index (χ1v) is 16.1. The summed E-state index contributed by atoms with van der Waals surface area (Å²) in [5, 5.41) is 50.4. The van der Waals surface area contributed by atoms with Crippen LogP contribution in [0.25, 0.3) is 39.0 Å². The van der Waals surface area contributed by atoms with Crippen molar-refractivity contribution in [1.29, 1.82) is 0 Å². The summed E-state index contributed by atoms with van der Waals surface area (Å²) < 4.78 is 0. The van der Waals surface area contributed by atoms with E-state index >= 15 is 0 Å². The maximum atomic E-state index is 11.7. The van der Waals surface area contributed by atoms with Crippen molar-refractivity contribution in [2.75, 3.05) is 0 Å². The van der Waals surface area contributed by atoms with Gasteiger partial charge in [0.15, 0.2) is 0 Å². The van der Waals surface area contributed by atoms with Crippen LogP contribution in [0.4, 0.5) is 0 Å². The molecule has 0 radical (unpaired) electrons. The lowest BCUT2D eigenvalue weighted by atomic mass is 10.0. The van der Waals surface area contributed by atoms with E-state index < -0.39 is 49.6 Å². The van der Waals surface area contributed by atoms with Crippen LogP contribution in [0.2, 0.25) is 0 Å². The van der Waals surface area contributed by atoms with Crippen molar-refractivity contribution in [3.05, 3.63) is 69.4 Å². The topological polar surface area (TPSA) is 161 Å². The second kappa shape index (κ2) is 12.1. The Labute approximate surface area is 253 Å². The van der Waals surface area contributed by atoms with Crippen LogP contribution in [0.15, 0.2) is 47.2 Å². The highest BCUT2D eigenvalue weighted by atomic mass is 32.1. The monoisotopic (exact) mass is 640 g/mol. The van der Waals surface area contributed by atoms with Gasteiger partial charge in [-0.2, -0.15) is 0 Å². The Morgan fingerprint density at radius 1 is 0.463 bits per heavy atom. The summed E-state index contributed by atoms with van der Waals surface area (Å²) in [7, 11) is 0. The number of hydrogen-bond donors (Lipinski definition) is 0. The van der Waals surface area contributed by atoms with E-state index in [4.69, 9.17) is 0 Å². The molecule has 5 heterocycles. The Morgan fingerprint density at radius 2 is 0.780 bits per heavy atom. The molecule has 41 heavy (non-hydrogen) atoms. The van der Waals surface area contributed by atoms with Gasteiger partial charge in [-0.15, -0.1) is 56.7 Å². The van der Waals surface area contributed by atoms with Crippen molar-refractivity contribution in [3.63, 3.8) is 0 Å². The highest BCUT2D eigenvalue weighted by Gasteiger charge is 2.25. The first-order valence-electron chi connectivity index (χ1n) is 11.9. The van der Waals surface area contributed by atoms with Crippen molar-refractivity contribution in [2.45, 2.75) is 25.7 Å². The van der Waals surface area contributed by atoms with Gasteiger partial charge in [0.25, 0.3) is 0 Å². The van der Waals surface area contributed by atoms with Gasteiger partial charge in [-0.25, -0.2) is 0 Å². The molecule has 5 rings (SSSR count). The van der Waals surface area contributed by atoms with Crippen LogP contribution in [0.3, 0.4) is 0 Å². The Morgan fingerprint density at radius 3 is 1.05 bits per heavy atom. The van der Waals surface area contributed by atoms with Gasteiger partial charge in [0.2, 0.25) is 0 Å². The molecule has 0 saturated heterocycles. The number of rotatable bonds is 12. The molecule has 0 unspecified atom stereocenters. The van der Waals surface area contributed by atoms with Crippen molar-refractivity contribution < 1.29 is 39.6 Å². The number of carboxylic acid groups (broad SMARTS) is 4. The Bertz CT molecular complexity index is 1630. The summed E-state index contributed by atoms with van der Waals surface area (Å²) in [6.45, 7) is 0. The van der Waals surface area contributed by atoms with E-state index in [9.17, 15) is 39.6 Å². The second-order valence-electron chi connectivity index (χ2n) is 8.75. The number of carboxylic acids is 4. The predicted octanol–water partition coefficient (Wildman–Crippen LogP) is 1.83. The van der Waals surface area contributed by atoms with E-state index in [-0.39, 0.29) is 0 Å². The summed E-state index contributed by atoms with van der Waals surface area (Å²) >= 11 is 6.61. The minimum atomic E-state index is -1.36. The van der Waals surface area contributed by atoms with E-state index in [2.05, 4.69) is 0 Å². The van der Waals surface area contributed by atoms with E-state index in [1.165, 1.54) is 56.7 Å². The van der Waals surface area contributed by atoms with Crippen LogP contribution >= 0.6 is 56.7 Å². The Hall–Kier alpha value is -3.62. The Balaban J connectivity index is 1.68. The second-order valence-corrected chi connectivity index (χ2v) is 13.8.